The second-order valence-corrected chi connectivity index (χ2v) is 2.64. The highest BCUT2D eigenvalue weighted by Crippen LogP contribution is 1.93. The SMILES string of the molecule is CCOCCN=Cc1ccccc1. The van der Waals surface area contributed by atoms with Gasteiger partial charge in [-0.2, -0.15) is 0 Å². The summed E-state index contributed by atoms with van der Waals surface area (Å²) in [6, 6.07) is 10.1. The summed E-state index contributed by atoms with van der Waals surface area (Å²) in [5.41, 5.74) is 1.14. The van der Waals surface area contributed by atoms with Gasteiger partial charge in [0.05, 0.1) is 13.2 Å². The molecule has 0 bridgehead atoms. The van der Waals surface area contributed by atoms with E-state index in [2.05, 4.69) is 4.99 Å². The molecule has 1 aromatic rings. The molecule has 0 amide bonds. The Labute approximate surface area is 79.3 Å². The average molecular weight is 177 g/mol. The van der Waals surface area contributed by atoms with Gasteiger partial charge >= 0.3 is 0 Å². The van der Waals surface area contributed by atoms with Crippen LogP contribution in [0.4, 0.5) is 0 Å². The lowest BCUT2D eigenvalue weighted by Crippen LogP contribution is -1.97. The summed E-state index contributed by atoms with van der Waals surface area (Å²) in [5, 5.41) is 0. The summed E-state index contributed by atoms with van der Waals surface area (Å²) in [6.45, 7) is 4.20. The maximum atomic E-state index is 5.16. The van der Waals surface area contributed by atoms with Gasteiger partial charge in [-0.3, -0.25) is 4.99 Å². The number of aliphatic imine (C=N–C) groups is 1. The van der Waals surface area contributed by atoms with E-state index in [1.165, 1.54) is 0 Å². The molecule has 0 radical (unpaired) electrons. The maximum Gasteiger partial charge on any atom is 0.0661 e. The second-order valence-electron chi connectivity index (χ2n) is 2.64. The number of hydrogen-bond acceptors (Lipinski definition) is 2. The van der Waals surface area contributed by atoms with Crippen molar-refractivity contribution in [1.82, 2.24) is 0 Å². The van der Waals surface area contributed by atoms with Gasteiger partial charge in [0.15, 0.2) is 0 Å². The third-order valence-corrected chi connectivity index (χ3v) is 1.61. The Morgan fingerprint density at radius 2 is 2.08 bits per heavy atom. The van der Waals surface area contributed by atoms with Crippen molar-refractivity contribution in [1.29, 1.82) is 0 Å². The first-order chi connectivity index (χ1) is 6.43. The summed E-state index contributed by atoms with van der Waals surface area (Å²) in [7, 11) is 0. The van der Waals surface area contributed by atoms with Crippen molar-refractivity contribution in [3.05, 3.63) is 35.9 Å². The van der Waals surface area contributed by atoms with Crippen molar-refractivity contribution in [2.45, 2.75) is 6.92 Å². The fraction of sp³-hybridized carbons (Fsp3) is 0.364. The Morgan fingerprint density at radius 1 is 1.31 bits per heavy atom. The van der Waals surface area contributed by atoms with Gasteiger partial charge in [0.1, 0.15) is 0 Å². The Balaban J connectivity index is 2.25. The van der Waals surface area contributed by atoms with Crippen LogP contribution in [0.5, 0.6) is 0 Å². The highest BCUT2D eigenvalue weighted by molar-refractivity contribution is 5.79. The van der Waals surface area contributed by atoms with E-state index in [1.54, 1.807) is 0 Å². The molecule has 0 aliphatic carbocycles. The average Bonchev–Trinajstić information content (AvgIpc) is 2.19. The molecule has 2 heteroatoms. The third-order valence-electron chi connectivity index (χ3n) is 1.61. The van der Waals surface area contributed by atoms with Gasteiger partial charge in [-0.1, -0.05) is 30.3 Å². The van der Waals surface area contributed by atoms with Gasteiger partial charge in [0, 0.05) is 12.8 Å². The van der Waals surface area contributed by atoms with Crippen LogP contribution in [0.3, 0.4) is 0 Å². The standard InChI is InChI=1S/C11H15NO/c1-2-13-9-8-12-10-11-6-4-3-5-7-11/h3-7,10H,2,8-9H2,1H3. The molecular formula is C11H15NO. The molecular weight excluding hydrogens is 162 g/mol. The lowest BCUT2D eigenvalue weighted by molar-refractivity contribution is 0.156. The zero-order chi connectivity index (χ0) is 9.36. The molecule has 0 aliphatic rings. The van der Waals surface area contributed by atoms with E-state index in [4.69, 9.17) is 4.74 Å². The van der Waals surface area contributed by atoms with Crippen LogP contribution >= 0.6 is 0 Å². The molecule has 1 aromatic carbocycles. The van der Waals surface area contributed by atoms with Crippen LogP contribution in [-0.4, -0.2) is 26.0 Å². The molecule has 0 saturated heterocycles. The molecule has 1 rings (SSSR count). The first-order valence-corrected chi connectivity index (χ1v) is 4.56. The fourth-order valence-corrected chi connectivity index (χ4v) is 0.971. The van der Waals surface area contributed by atoms with E-state index < -0.39 is 0 Å². The van der Waals surface area contributed by atoms with Gasteiger partial charge in [-0.15, -0.1) is 0 Å². The number of benzene rings is 1. The fourth-order valence-electron chi connectivity index (χ4n) is 0.971. The van der Waals surface area contributed by atoms with Gasteiger partial charge in [-0.05, 0) is 12.5 Å². The molecule has 70 valence electrons. The summed E-state index contributed by atoms with van der Waals surface area (Å²) >= 11 is 0. The molecule has 0 unspecified atom stereocenters. The Kier molecular flexibility index (Phi) is 4.87. The highest BCUT2D eigenvalue weighted by Gasteiger charge is 1.83. The zero-order valence-electron chi connectivity index (χ0n) is 7.94. The topological polar surface area (TPSA) is 21.6 Å². The normalized spacial score (nSPS) is 10.8. The van der Waals surface area contributed by atoms with E-state index in [-0.39, 0.29) is 0 Å². The molecule has 0 aromatic heterocycles. The zero-order valence-corrected chi connectivity index (χ0v) is 7.94. The van der Waals surface area contributed by atoms with Crippen molar-refractivity contribution in [2.24, 2.45) is 4.99 Å². The van der Waals surface area contributed by atoms with Crippen LogP contribution in [0, 0.1) is 0 Å². The van der Waals surface area contributed by atoms with Crippen LogP contribution in [-0.2, 0) is 4.74 Å². The quantitative estimate of drug-likeness (QED) is 0.499. The largest absolute Gasteiger partial charge is 0.380 e. The number of ether oxygens (including phenoxy) is 1. The van der Waals surface area contributed by atoms with E-state index in [0.717, 1.165) is 18.7 Å². The van der Waals surface area contributed by atoms with Crippen molar-refractivity contribution >= 4 is 6.21 Å². The van der Waals surface area contributed by atoms with Crippen LogP contribution in [0.1, 0.15) is 12.5 Å². The van der Waals surface area contributed by atoms with E-state index in [0.29, 0.717) is 6.61 Å². The molecule has 0 saturated carbocycles. The Bertz CT molecular complexity index is 244. The molecule has 13 heavy (non-hydrogen) atoms. The predicted molar refractivity (Wildman–Crippen MR) is 55.4 cm³/mol. The minimum Gasteiger partial charge on any atom is -0.380 e. The minimum absolute atomic E-state index is 0.708. The molecule has 0 spiro atoms. The molecule has 0 atom stereocenters. The number of rotatable bonds is 5. The van der Waals surface area contributed by atoms with Crippen LogP contribution in [0.2, 0.25) is 0 Å². The monoisotopic (exact) mass is 177 g/mol. The summed E-state index contributed by atoms with van der Waals surface area (Å²) < 4.78 is 5.16. The number of nitrogens with zero attached hydrogens (tertiary/aromatic N) is 1. The summed E-state index contributed by atoms with van der Waals surface area (Å²) in [4.78, 5) is 4.23. The predicted octanol–water partition coefficient (Wildman–Crippen LogP) is 2.14. The van der Waals surface area contributed by atoms with Crippen molar-refractivity contribution in [3.63, 3.8) is 0 Å². The molecule has 2 nitrogen and oxygen atoms in total. The van der Waals surface area contributed by atoms with E-state index in [9.17, 15) is 0 Å². The van der Waals surface area contributed by atoms with Crippen molar-refractivity contribution < 1.29 is 4.74 Å². The van der Waals surface area contributed by atoms with E-state index in [1.807, 2.05) is 43.5 Å². The van der Waals surface area contributed by atoms with Crippen molar-refractivity contribution in [3.8, 4) is 0 Å². The Hall–Kier alpha value is -1.15. The Morgan fingerprint density at radius 3 is 2.77 bits per heavy atom. The third kappa shape index (κ3) is 4.43. The first kappa shape index (κ1) is 9.93. The smallest absolute Gasteiger partial charge is 0.0661 e. The van der Waals surface area contributed by atoms with Crippen LogP contribution < -0.4 is 0 Å². The number of hydrogen-bond donors (Lipinski definition) is 0. The molecule has 0 aliphatic heterocycles. The minimum atomic E-state index is 0.708. The lowest BCUT2D eigenvalue weighted by Gasteiger charge is -1.95. The van der Waals surface area contributed by atoms with Crippen LogP contribution in [0.15, 0.2) is 35.3 Å². The van der Waals surface area contributed by atoms with Gasteiger partial charge in [0.25, 0.3) is 0 Å². The molecule has 0 heterocycles. The highest BCUT2D eigenvalue weighted by atomic mass is 16.5. The molecule has 0 fully saturated rings. The van der Waals surface area contributed by atoms with Gasteiger partial charge in [0.2, 0.25) is 0 Å². The summed E-state index contributed by atoms with van der Waals surface area (Å²) in [5.74, 6) is 0. The first-order valence-electron chi connectivity index (χ1n) is 4.56. The molecule has 0 N–H and O–H groups in total. The second kappa shape index (κ2) is 6.38. The van der Waals surface area contributed by atoms with Gasteiger partial charge in [-0.25, -0.2) is 0 Å². The maximum absolute atomic E-state index is 5.16. The summed E-state index contributed by atoms with van der Waals surface area (Å²) in [6.07, 6.45) is 1.87. The van der Waals surface area contributed by atoms with Gasteiger partial charge < -0.3 is 4.74 Å². The lowest BCUT2D eigenvalue weighted by atomic mass is 10.2. The van der Waals surface area contributed by atoms with E-state index >= 15 is 0 Å². The van der Waals surface area contributed by atoms with Crippen molar-refractivity contribution in [2.75, 3.05) is 19.8 Å². The van der Waals surface area contributed by atoms with Crippen LogP contribution in [0.25, 0.3) is 0 Å².